The molecule has 0 aliphatic carbocycles. The lowest BCUT2D eigenvalue weighted by Gasteiger charge is -2.29. The molecule has 1 N–H and O–H groups in total. The van der Waals surface area contributed by atoms with Crippen molar-refractivity contribution in [2.75, 3.05) is 49.6 Å². The van der Waals surface area contributed by atoms with Crippen LogP contribution in [0.25, 0.3) is 0 Å². The van der Waals surface area contributed by atoms with Gasteiger partial charge < -0.3 is 24.6 Å². The first kappa shape index (κ1) is 18.5. The maximum atomic E-state index is 13.1. The van der Waals surface area contributed by atoms with Crippen LogP contribution in [-0.4, -0.2) is 67.5 Å². The Bertz CT molecular complexity index is 605. The molecule has 4 heterocycles. The van der Waals surface area contributed by atoms with Crippen LogP contribution in [0.2, 0.25) is 0 Å². The zero-order valence-electron chi connectivity index (χ0n) is 15.9. The van der Waals surface area contributed by atoms with Crippen LogP contribution in [0.1, 0.15) is 38.5 Å². The van der Waals surface area contributed by atoms with Gasteiger partial charge in [-0.2, -0.15) is 0 Å². The Kier molecular flexibility index (Phi) is 6.09. The normalized spacial score (nSPS) is 25.1. The van der Waals surface area contributed by atoms with Gasteiger partial charge in [0.05, 0.1) is 17.9 Å². The molecule has 1 aromatic rings. The van der Waals surface area contributed by atoms with Crippen molar-refractivity contribution in [1.29, 1.82) is 0 Å². The summed E-state index contributed by atoms with van der Waals surface area (Å²) >= 11 is 0. The van der Waals surface area contributed by atoms with Crippen LogP contribution in [-0.2, 0) is 9.47 Å². The number of ether oxygens (including phenoxy) is 2. The third-order valence-electron chi connectivity index (χ3n) is 5.62. The number of rotatable bonds is 6. The van der Waals surface area contributed by atoms with E-state index in [1.165, 1.54) is 12.8 Å². The summed E-state index contributed by atoms with van der Waals surface area (Å²) in [6.07, 6.45) is 8.57. The Morgan fingerprint density at radius 1 is 1.11 bits per heavy atom. The molecule has 3 aliphatic heterocycles. The monoisotopic (exact) mass is 374 g/mol. The van der Waals surface area contributed by atoms with Crippen molar-refractivity contribution in [3.63, 3.8) is 0 Å². The second-order valence-electron chi connectivity index (χ2n) is 7.67. The van der Waals surface area contributed by atoms with E-state index < -0.39 is 0 Å². The number of aromatic nitrogens is 1. The van der Waals surface area contributed by atoms with Gasteiger partial charge in [0.2, 0.25) is 0 Å². The van der Waals surface area contributed by atoms with Gasteiger partial charge in [-0.15, -0.1) is 0 Å². The van der Waals surface area contributed by atoms with Gasteiger partial charge in [0.25, 0.3) is 0 Å². The number of nitrogens with one attached hydrogen (secondary N) is 1. The first-order valence-electron chi connectivity index (χ1n) is 10.3. The van der Waals surface area contributed by atoms with Crippen molar-refractivity contribution < 1.29 is 14.3 Å². The van der Waals surface area contributed by atoms with Gasteiger partial charge in [0, 0.05) is 45.6 Å². The minimum atomic E-state index is -0.0885. The second kappa shape index (κ2) is 8.89. The Hall–Kier alpha value is -1.86. The summed E-state index contributed by atoms with van der Waals surface area (Å²) in [4.78, 5) is 21.8. The van der Waals surface area contributed by atoms with Gasteiger partial charge in [-0.1, -0.05) is 0 Å². The minimum absolute atomic E-state index is 0.0885. The van der Waals surface area contributed by atoms with Crippen molar-refractivity contribution in [2.45, 2.75) is 50.7 Å². The lowest BCUT2D eigenvalue weighted by molar-refractivity contribution is 0.0524. The molecule has 3 aliphatic rings. The number of carbonyl (C=O) groups excluding carboxylic acids is 1. The molecular weight excluding hydrogens is 344 g/mol. The average molecular weight is 374 g/mol. The predicted molar refractivity (Wildman–Crippen MR) is 104 cm³/mol. The summed E-state index contributed by atoms with van der Waals surface area (Å²) in [5.74, 6) is 0.873. The smallest absolute Gasteiger partial charge is 0.322 e. The maximum Gasteiger partial charge on any atom is 0.322 e. The quantitative estimate of drug-likeness (QED) is 0.829. The molecule has 0 unspecified atom stereocenters. The zero-order valence-corrected chi connectivity index (χ0v) is 15.9. The maximum absolute atomic E-state index is 13.1. The van der Waals surface area contributed by atoms with Crippen molar-refractivity contribution in [2.24, 2.45) is 0 Å². The summed E-state index contributed by atoms with van der Waals surface area (Å²) in [5, 5.41) is 3.11. The van der Waals surface area contributed by atoms with Gasteiger partial charge in [-0.05, 0) is 50.7 Å². The summed E-state index contributed by atoms with van der Waals surface area (Å²) in [7, 11) is 0. The van der Waals surface area contributed by atoms with Gasteiger partial charge in [-0.3, -0.25) is 0 Å². The molecular formula is C20H30N4O3. The summed E-state index contributed by atoms with van der Waals surface area (Å²) in [6.45, 7) is 4.81. The summed E-state index contributed by atoms with van der Waals surface area (Å²) in [5.41, 5.74) is 0.786. The number of carbonyl (C=O) groups is 1. The highest BCUT2D eigenvalue weighted by molar-refractivity contribution is 5.92. The number of anilines is 2. The largest absolute Gasteiger partial charge is 0.376 e. The van der Waals surface area contributed by atoms with Gasteiger partial charge in [-0.25, -0.2) is 9.78 Å². The number of nitrogens with zero attached hydrogens (tertiary/aromatic N) is 3. The third kappa shape index (κ3) is 4.71. The number of pyridine rings is 1. The standard InChI is InChI=1S/C20H30N4O3/c25-20(22-18-8-3-9-21-19(18)23-10-1-2-11-23)24(14-16-6-4-12-26-16)15-17-7-5-13-27-17/h3,8-9,16-17H,1-2,4-7,10-15H2,(H,22,25)/t16-,17+. The van der Waals surface area contributed by atoms with Crippen molar-refractivity contribution in [3.8, 4) is 0 Å². The second-order valence-corrected chi connectivity index (χ2v) is 7.67. The van der Waals surface area contributed by atoms with E-state index in [-0.39, 0.29) is 18.2 Å². The minimum Gasteiger partial charge on any atom is -0.376 e. The molecule has 7 heteroatoms. The highest BCUT2D eigenvalue weighted by atomic mass is 16.5. The lowest BCUT2D eigenvalue weighted by atomic mass is 10.2. The van der Waals surface area contributed by atoms with Crippen LogP contribution in [0.15, 0.2) is 18.3 Å². The van der Waals surface area contributed by atoms with E-state index in [1.807, 2.05) is 17.0 Å². The van der Waals surface area contributed by atoms with Crippen LogP contribution in [0.3, 0.4) is 0 Å². The van der Waals surface area contributed by atoms with Crippen molar-refractivity contribution in [1.82, 2.24) is 9.88 Å². The fourth-order valence-corrected chi connectivity index (χ4v) is 4.18. The first-order valence-corrected chi connectivity index (χ1v) is 10.3. The molecule has 0 aromatic carbocycles. The fourth-order valence-electron chi connectivity index (χ4n) is 4.18. The number of hydrogen-bond acceptors (Lipinski definition) is 5. The molecule has 0 saturated carbocycles. The predicted octanol–water partition coefficient (Wildman–Crippen LogP) is 2.87. The Morgan fingerprint density at radius 2 is 1.78 bits per heavy atom. The van der Waals surface area contributed by atoms with Crippen LogP contribution in [0, 0.1) is 0 Å². The molecule has 0 bridgehead atoms. The van der Waals surface area contributed by atoms with E-state index in [4.69, 9.17) is 9.47 Å². The van der Waals surface area contributed by atoms with E-state index in [1.54, 1.807) is 6.20 Å². The topological polar surface area (TPSA) is 66.9 Å². The Labute approximate surface area is 161 Å². The molecule has 3 saturated heterocycles. The highest BCUT2D eigenvalue weighted by Gasteiger charge is 2.28. The summed E-state index contributed by atoms with van der Waals surface area (Å²) in [6, 6.07) is 3.73. The number of urea groups is 1. The van der Waals surface area contributed by atoms with Gasteiger partial charge in [0.1, 0.15) is 0 Å². The highest BCUT2D eigenvalue weighted by Crippen LogP contribution is 2.27. The van der Waals surface area contributed by atoms with Crippen LogP contribution in [0.4, 0.5) is 16.3 Å². The van der Waals surface area contributed by atoms with E-state index in [0.717, 1.165) is 63.5 Å². The Morgan fingerprint density at radius 3 is 2.37 bits per heavy atom. The lowest BCUT2D eigenvalue weighted by Crippen LogP contribution is -2.44. The van der Waals surface area contributed by atoms with Gasteiger partial charge >= 0.3 is 6.03 Å². The van der Waals surface area contributed by atoms with E-state index in [9.17, 15) is 4.79 Å². The third-order valence-corrected chi connectivity index (χ3v) is 5.62. The molecule has 2 amide bonds. The van der Waals surface area contributed by atoms with E-state index in [0.29, 0.717) is 13.1 Å². The van der Waals surface area contributed by atoms with Gasteiger partial charge in [0.15, 0.2) is 5.82 Å². The molecule has 7 nitrogen and oxygen atoms in total. The molecule has 3 fully saturated rings. The van der Waals surface area contributed by atoms with Crippen LogP contribution < -0.4 is 10.2 Å². The number of hydrogen-bond donors (Lipinski definition) is 1. The van der Waals surface area contributed by atoms with Crippen LogP contribution >= 0.6 is 0 Å². The molecule has 0 spiro atoms. The fraction of sp³-hybridized carbons (Fsp3) is 0.700. The Balaban J connectivity index is 1.45. The van der Waals surface area contributed by atoms with E-state index in [2.05, 4.69) is 15.2 Å². The summed E-state index contributed by atoms with van der Waals surface area (Å²) < 4.78 is 11.5. The molecule has 4 rings (SSSR count). The zero-order chi connectivity index (χ0) is 18.5. The SMILES string of the molecule is O=C(Nc1cccnc1N1CCCC1)N(C[C@H]1CCCO1)C[C@@H]1CCCO1. The van der Waals surface area contributed by atoms with Crippen LogP contribution in [0.5, 0.6) is 0 Å². The average Bonchev–Trinajstić information content (AvgIpc) is 3.45. The molecule has 0 radical (unpaired) electrons. The van der Waals surface area contributed by atoms with Crippen molar-refractivity contribution in [3.05, 3.63) is 18.3 Å². The molecule has 148 valence electrons. The molecule has 27 heavy (non-hydrogen) atoms. The molecule has 1 aromatic heterocycles. The molecule has 2 atom stereocenters. The van der Waals surface area contributed by atoms with Crippen molar-refractivity contribution >= 4 is 17.5 Å². The van der Waals surface area contributed by atoms with E-state index >= 15 is 0 Å². The first-order chi connectivity index (χ1) is 13.3. The number of amides is 2.